The summed E-state index contributed by atoms with van der Waals surface area (Å²) in [7, 11) is 0. The van der Waals surface area contributed by atoms with Gasteiger partial charge in [0.05, 0.1) is 17.4 Å². The fourth-order valence-electron chi connectivity index (χ4n) is 1.76. The van der Waals surface area contributed by atoms with E-state index in [1.165, 1.54) is 24.3 Å². The van der Waals surface area contributed by atoms with Crippen LogP contribution < -0.4 is 10.6 Å². The lowest BCUT2D eigenvalue weighted by atomic mass is 10.2. The van der Waals surface area contributed by atoms with Crippen LogP contribution in [0.2, 0.25) is 0 Å². The zero-order chi connectivity index (χ0) is 15.9. The Hall–Kier alpha value is -3.20. The van der Waals surface area contributed by atoms with Crippen LogP contribution in [0.4, 0.5) is 15.8 Å². The molecule has 2 amide bonds. The third-order valence-electron chi connectivity index (χ3n) is 2.80. The Morgan fingerprint density at radius 1 is 1.00 bits per heavy atom. The number of hydrogen-bond donors (Lipinski definition) is 2. The SMILES string of the molecule is N#CCC(=O)Nc1ccccc1NC(=O)c1ccc(F)cc1. The summed E-state index contributed by atoms with van der Waals surface area (Å²) in [5.41, 5.74) is 1.07. The summed E-state index contributed by atoms with van der Waals surface area (Å²) < 4.78 is 12.9. The van der Waals surface area contributed by atoms with E-state index in [2.05, 4.69) is 10.6 Å². The lowest BCUT2D eigenvalue weighted by Crippen LogP contribution is -2.16. The van der Waals surface area contributed by atoms with E-state index in [9.17, 15) is 14.0 Å². The van der Waals surface area contributed by atoms with Gasteiger partial charge in [-0.2, -0.15) is 5.26 Å². The van der Waals surface area contributed by atoms with Crippen LogP contribution in [0.1, 0.15) is 16.8 Å². The van der Waals surface area contributed by atoms with Gasteiger partial charge < -0.3 is 10.6 Å². The van der Waals surface area contributed by atoms with Crippen molar-refractivity contribution in [2.75, 3.05) is 10.6 Å². The second-order valence-corrected chi connectivity index (χ2v) is 4.39. The van der Waals surface area contributed by atoms with Crippen molar-refractivity contribution in [3.8, 4) is 6.07 Å². The number of para-hydroxylation sites is 2. The molecule has 2 rings (SSSR count). The number of halogens is 1. The Morgan fingerprint density at radius 3 is 2.18 bits per heavy atom. The van der Waals surface area contributed by atoms with Gasteiger partial charge in [-0.05, 0) is 36.4 Å². The van der Waals surface area contributed by atoms with E-state index in [4.69, 9.17) is 5.26 Å². The van der Waals surface area contributed by atoms with Gasteiger partial charge in [0.1, 0.15) is 12.2 Å². The molecule has 2 aromatic carbocycles. The molecule has 0 unspecified atom stereocenters. The smallest absolute Gasteiger partial charge is 0.255 e. The van der Waals surface area contributed by atoms with Gasteiger partial charge in [-0.1, -0.05) is 12.1 Å². The first-order valence-corrected chi connectivity index (χ1v) is 6.43. The lowest BCUT2D eigenvalue weighted by Gasteiger charge is -2.11. The van der Waals surface area contributed by atoms with Gasteiger partial charge in [-0.15, -0.1) is 0 Å². The molecule has 110 valence electrons. The fraction of sp³-hybridized carbons (Fsp3) is 0.0625. The van der Waals surface area contributed by atoms with Crippen molar-refractivity contribution in [2.45, 2.75) is 6.42 Å². The monoisotopic (exact) mass is 297 g/mol. The number of amides is 2. The molecule has 0 aliphatic heterocycles. The maximum absolute atomic E-state index is 12.9. The number of nitrogens with one attached hydrogen (secondary N) is 2. The highest BCUT2D eigenvalue weighted by molar-refractivity contribution is 6.07. The number of rotatable bonds is 4. The molecular weight excluding hydrogens is 285 g/mol. The molecule has 6 heteroatoms. The molecule has 2 N–H and O–H groups in total. The van der Waals surface area contributed by atoms with Gasteiger partial charge in [-0.25, -0.2) is 4.39 Å². The first kappa shape index (κ1) is 15.2. The summed E-state index contributed by atoms with van der Waals surface area (Å²) in [5, 5.41) is 13.7. The van der Waals surface area contributed by atoms with Crippen LogP contribution in [-0.4, -0.2) is 11.8 Å². The molecule has 0 aromatic heterocycles. The number of carbonyl (C=O) groups is 2. The summed E-state index contributed by atoms with van der Waals surface area (Å²) in [6, 6.07) is 13.5. The van der Waals surface area contributed by atoms with Crippen molar-refractivity contribution >= 4 is 23.2 Å². The predicted molar refractivity (Wildman–Crippen MR) is 79.7 cm³/mol. The van der Waals surface area contributed by atoms with Crippen molar-refractivity contribution in [3.05, 3.63) is 59.9 Å². The van der Waals surface area contributed by atoms with Gasteiger partial charge in [0, 0.05) is 5.56 Å². The van der Waals surface area contributed by atoms with E-state index < -0.39 is 17.6 Å². The first-order chi connectivity index (χ1) is 10.6. The Balaban J connectivity index is 2.15. The standard InChI is InChI=1S/C16H12FN3O2/c17-12-7-5-11(6-8-12)16(22)20-14-4-2-1-3-13(14)19-15(21)9-10-18/h1-8H,9H2,(H,19,21)(H,20,22). The number of hydrogen-bond acceptors (Lipinski definition) is 3. The molecule has 2 aromatic rings. The molecule has 0 spiro atoms. The fourth-order valence-corrected chi connectivity index (χ4v) is 1.76. The quantitative estimate of drug-likeness (QED) is 0.910. The minimum Gasteiger partial charge on any atom is -0.323 e. The van der Waals surface area contributed by atoms with E-state index in [0.717, 1.165) is 0 Å². The highest BCUT2D eigenvalue weighted by atomic mass is 19.1. The van der Waals surface area contributed by atoms with Crippen LogP contribution in [0.5, 0.6) is 0 Å². The summed E-state index contributed by atoms with van der Waals surface area (Å²) in [6.45, 7) is 0. The van der Waals surface area contributed by atoms with Gasteiger partial charge in [0.2, 0.25) is 5.91 Å². The zero-order valence-corrected chi connectivity index (χ0v) is 11.5. The van der Waals surface area contributed by atoms with E-state index in [1.807, 2.05) is 0 Å². The minimum absolute atomic E-state index is 0.278. The normalized spacial score (nSPS) is 9.64. The second kappa shape index (κ2) is 6.99. The third kappa shape index (κ3) is 3.90. The number of carbonyl (C=O) groups excluding carboxylic acids is 2. The summed E-state index contributed by atoms with van der Waals surface area (Å²) in [5.74, 6) is -1.33. The number of benzene rings is 2. The summed E-state index contributed by atoms with van der Waals surface area (Å²) >= 11 is 0. The zero-order valence-electron chi connectivity index (χ0n) is 11.5. The van der Waals surface area contributed by atoms with Crippen LogP contribution in [-0.2, 0) is 4.79 Å². The predicted octanol–water partition coefficient (Wildman–Crippen LogP) is 2.93. The highest BCUT2D eigenvalue weighted by Crippen LogP contribution is 2.22. The topological polar surface area (TPSA) is 82.0 Å². The molecule has 0 bridgehead atoms. The molecule has 22 heavy (non-hydrogen) atoms. The maximum Gasteiger partial charge on any atom is 0.255 e. The van der Waals surface area contributed by atoms with Crippen LogP contribution >= 0.6 is 0 Å². The number of nitrogens with zero attached hydrogens (tertiary/aromatic N) is 1. The Kier molecular flexibility index (Phi) is 4.83. The highest BCUT2D eigenvalue weighted by Gasteiger charge is 2.10. The molecule has 0 atom stereocenters. The Labute approximate surface area is 126 Å². The molecule has 5 nitrogen and oxygen atoms in total. The van der Waals surface area contributed by atoms with Gasteiger partial charge in [0.25, 0.3) is 5.91 Å². The van der Waals surface area contributed by atoms with Crippen LogP contribution in [0, 0.1) is 17.1 Å². The minimum atomic E-state index is -0.467. The van der Waals surface area contributed by atoms with E-state index in [0.29, 0.717) is 16.9 Å². The van der Waals surface area contributed by atoms with Crippen molar-refractivity contribution in [2.24, 2.45) is 0 Å². The van der Waals surface area contributed by atoms with Crippen LogP contribution in [0.25, 0.3) is 0 Å². The first-order valence-electron chi connectivity index (χ1n) is 6.43. The van der Waals surface area contributed by atoms with Crippen molar-refractivity contribution in [3.63, 3.8) is 0 Å². The molecule has 0 heterocycles. The van der Waals surface area contributed by atoms with Crippen molar-refractivity contribution in [1.82, 2.24) is 0 Å². The lowest BCUT2D eigenvalue weighted by molar-refractivity contribution is -0.115. The molecule has 0 saturated carbocycles. The van der Waals surface area contributed by atoms with E-state index in [-0.39, 0.29) is 6.42 Å². The number of nitriles is 1. The molecule has 0 aliphatic rings. The van der Waals surface area contributed by atoms with E-state index >= 15 is 0 Å². The molecule has 0 aliphatic carbocycles. The maximum atomic E-state index is 12.9. The third-order valence-corrected chi connectivity index (χ3v) is 2.80. The van der Waals surface area contributed by atoms with Gasteiger partial charge >= 0.3 is 0 Å². The largest absolute Gasteiger partial charge is 0.323 e. The second-order valence-electron chi connectivity index (χ2n) is 4.39. The Bertz CT molecular complexity index is 736. The average Bonchev–Trinajstić information content (AvgIpc) is 2.50. The van der Waals surface area contributed by atoms with Gasteiger partial charge in [0.15, 0.2) is 0 Å². The summed E-state index contributed by atoms with van der Waals surface area (Å²) in [4.78, 5) is 23.6. The average molecular weight is 297 g/mol. The van der Waals surface area contributed by atoms with Crippen LogP contribution in [0.15, 0.2) is 48.5 Å². The van der Waals surface area contributed by atoms with E-state index in [1.54, 1.807) is 30.3 Å². The molecule has 0 saturated heterocycles. The van der Waals surface area contributed by atoms with Crippen LogP contribution in [0.3, 0.4) is 0 Å². The molecule has 0 fully saturated rings. The Morgan fingerprint density at radius 2 is 1.59 bits per heavy atom. The summed E-state index contributed by atoms with van der Waals surface area (Å²) in [6.07, 6.45) is -0.278. The molecule has 0 radical (unpaired) electrons. The van der Waals surface area contributed by atoms with Gasteiger partial charge in [-0.3, -0.25) is 9.59 Å². The number of anilines is 2. The van der Waals surface area contributed by atoms with Crippen molar-refractivity contribution < 1.29 is 14.0 Å². The van der Waals surface area contributed by atoms with Crippen molar-refractivity contribution in [1.29, 1.82) is 5.26 Å². The molecular formula is C16H12FN3O2.